The van der Waals surface area contributed by atoms with Crippen molar-refractivity contribution in [3.8, 4) is 11.3 Å². The highest BCUT2D eigenvalue weighted by atomic mass is 32.2. The van der Waals surface area contributed by atoms with E-state index < -0.39 is 0 Å². The minimum absolute atomic E-state index is 0.0625. The molecule has 5 nitrogen and oxygen atoms in total. The Labute approximate surface area is 117 Å². The summed E-state index contributed by atoms with van der Waals surface area (Å²) in [5.41, 5.74) is 3.39. The zero-order valence-electron chi connectivity index (χ0n) is 10.2. The molecule has 0 saturated heterocycles. The van der Waals surface area contributed by atoms with Crippen molar-refractivity contribution in [2.45, 2.75) is 11.9 Å². The third kappa shape index (κ3) is 2.10. The van der Waals surface area contributed by atoms with Gasteiger partial charge in [-0.2, -0.15) is 9.19 Å². The van der Waals surface area contributed by atoms with Gasteiger partial charge in [0, 0.05) is 18.0 Å². The highest BCUT2D eigenvalue weighted by Crippen LogP contribution is 2.26. The standard InChI is InChI=1S/C11H10FN5S2/c1-7-5-16-9(8-3-14-17(6-8)19-12)4-13-10(16)11(15-7)18-2/h3-6H,1-2H3. The van der Waals surface area contributed by atoms with Crippen molar-refractivity contribution in [1.29, 1.82) is 0 Å². The summed E-state index contributed by atoms with van der Waals surface area (Å²) in [6.45, 7) is 1.93. The molecule has 0 aliphatic carbocycles. The molecule has 0 N–H and O–H groups in total. The van der Waals surface area contributed by atoms with Crippen molar-refractivity contribution < 1.29 is 3.89 Å². The van der Waals surface area contributed by atoms with Crippen LogP contribution in [0, 0.1) is 6.92 Å². The Balaban J connectivity index is 2.22. The number of imidazole rings is 1. The maximum absolute atomic E-state index is 12.5. The molecular formula is C11H10FN5S2. The van der Waals surface area contributed by atoms with Crippen molar-refractivity contribution in [3.05, 3.63) is 30.5 Å². The number of halogens is 1. The lowest BCUT2D eigenvalue weighted by atomic mass is 10.3. The second-order valence-corrected chi connectivity index (χ2v) is 5.24. The molecule has 8 heteroatoms. The smallest absolute Gasteiger partial charge is 0.187 e. The van der Waals surface area contributed by atoms with Gasteiger partial charge in [-0.25, -0.2) is 9.97 Å². The molecule has 3 heterocycles. The van der Waals surface area contributed by atoms with Gasteiger partial charge in [0.1, 0.15) is 5.03 Å². The number of thioether (sulfide) groups is 1. The molecule has 0 saturated carbocycles. The molecule has 0 bridgehead atoms. The maximum atomic E-state index is 12.5. The third-order valence-electron chi connectivity index (χ3n) is 2.70. The number of nitrogens with zero attached hydrogens (tertiary/aromatic N) is 5. The van der Waals surface area contributed by atoms with E-state index in [1.807, 2.05) is 23.8 Å². The molecular weight excluding hydrogens is 285 g/mol. The first kappa shape index (κ1) is 12.5. The fourth-order valence-electron chi connectivity index (χ4n) is 1.90. The zero-order chi connectivity index (χ0) is 13.4. The molecule has 0 aliphatic heterocycles. The number of hydrogen-bond acceptors (Lipinski definition) is 5. The Kier molecular flexibility index (Phi) is 3.19. The van der Waals surface area contributed by atoms with Crippen LogP contribution < -0.4 is 0 Å². The van der Waals surface area contributed by atoms with Crippen molar-refractivity contribution >= 4 is 29.7 Å². The van der Waals surface area contributed by atoms with E-state index in [0.717, 1.165) is 31.7 Å². The topological polar surface area (TPSA) is 48.0 Å². The van der Waals surface area contributed by atoms with E-state index in [1.54, 1.807) is 30.4 Å². The second-order valence-electron chi connectivity index (χ2n) is 3.93. The van der Waals surface area contributed by atoms with Crippen molar-refractivity contribution in [1.82, 2.24) is 23.6 Å². The summed E-state index contributed by atoms with van der Waals surface area (Å²) in [7, 11) is 0. The fraction of sp³-hybridized carbons (Fsp3) is 0.182. The molecule has 0 radical (unpaired) electrons. The fourth-order valence-corrected chi connectivity index (χ4v) is 2.71. The van der Waals surface area contributed by atoms with Crippen LogP contribution in [0.4, 0.5) is 3.89 Å². The first-order chi connectivity index (χ1) is 9.22. The summed E-state index contributed by atoms with van der Waals surface area (Å²) in [6, 6.07) is 0. The maximum Gasteiger partial charge on any atom is 0.187 e. The second kappa shape index (κ2) is 4.86. The molecule has 0 aromatic carbocycles. The van der Waals surface area contributed by atoms with Crippen LogP contribution in [0.25, 0.3) is 16.9 Å². The number of rotatable bonds is 3. The molecule has 0 unspecified atom stereocenters. The molecule has 0 atom stereocenters. The summed E-state index contributed by atoms with van der Waals surface area (Å²) in [6.07, 6.45) is 8.87. The van der Waals surface area contributed by atoms with E-state index in [1.165, 1.54) is 0 Å². The van der Waals surface area contributed by atoms with Gasteiger partial charge in [0.2, 0.25) is 0 Å². The summed E-state index contributed by atoms with van der Waals surface area (Å²) in [4.78, 5) is 8.83. The lowest BCUT2D eigenvalue weighted by Crippen LogP contribution is -1.95. The van der Waals surface area contributed by atoms with Gasteiger partial charge in [-0.3, -0.25) is 4.40 Å². The van der Waals surface area contributed by atoms with Crippen LogP contribution in [0.3, 0.4) is 0 Å². The highest BCUT2D eigenvalue weighted by Gasteiger charge is 2.12. The van der Waals surface area contributed by atoms with Crippen LogP contribution >= 0.6 is 24.1 Å². The van der Waals surface area contributed by atoms with E-state index in [4.69, 9.17) is 0 Å². The van der Waals surface area contributed by atoms with E-state index >= 15 is 0 Å². The molecule has 3 aromatic rings. The minimum atomic E-state index is 0.0625. The zero-order valence-corrected chi connectivity index (χ0v) is 11.9. The monoisotopic (exact) mass is 295 g/mol. The molecule has 19 heavy (non-hydrogen) atoms. The average molecular weight is 295 g/mol. The van der Waals surface area contributed by atoms with Crippen LogP contribution in [0.5, 0.6) is 0 Å². The quantitative estimate of drug-likeness (QED) is 0.695. The minimum Gasteiger partial charge on any atom is -0.295 e. The average Bonchev–Trinajstić information content (AvgIpc) is 3.03. The molecule has 0 aliphatic rings. The van der Waals surface area contributed by atoms with Crippen LogP contribution in [0.1, 0.15) is 5.69 Å². The van der Waals surface area contributed by atoms with Crippen molar-refractivity contribution in [2.75, 3.05) is 6.26 Å². The molecule has 0 spiro atoms. The Hall–Kier alpha value is -1.54. The number of hydrogen-bond donors (Lipinski definition) is 0. The Morgan fingerprint density at radius 2 is 2.11 bits per heavy atom. The first-order valence-electron chi connectivity index (χ1n) is 5.45. The van der Waals surface area contributed by atoms with E-state index in [2.05, 4.69) is 15.1 Å². The van der Waals surface area contributed by atoms with Gasteiger partial charge in [0.25, 0.3) is 0 Å². The summed E-state index contributed by atoms with van der Waals surface area (Å²) >= 11 is 1.61. The number of aromatic nitrogens is 5. The summed E-state index contributed by atoms with van der Waals surface area (Å²) in [5.74, 6) is 0. The van der Waals surface area contributed by atoms with Crippen LogP contribution in [-0.2, 0) is 0 Å². The van der Waals surface area contributed by atoms with Crippen molar-refractivity contribution in [2.24, 2.45) is 0 Å². The van der Waals surface area contributed by atoms with Crippen LogP contribution in [-0.4, -0.2) is 29.8 Å². The van der Waals surface area contributed by atoms with Gasteiger partial charge in [0.05, 0.1) is 23.8 Å². The van der Waals surface area contributed by atoms with Crippen molar-refractivity contribution in [3.63, 3.8) is 0 Å². The third-order valence-corrected chi connectivity index (χ3v) is 3.70. The molecule has 3 rings (SSSR count). The normalized spacial score (nSPS) is 11.3. The van der Waals surface area contributed by atoms with Gasteiger partial charge in [-0.05, 0) is 13.2 Å². The van der Waals surface area contributed by atoms with Crippen LogP contribution in [0.2, 0.25) is 0 Å². The lowest BCUT2D eigenvalue weighted by Gasteiger charge is -2.03. The Bertz CT molecular complexity index is 736. The van der Waals surface area contributed by atoms with Gasteiger partial charge in [-0.1, -0.05) is 0 Å². The first-order valence-corrected chi connectivity index (χ1v) is 7.35. The van der Waals surface area contributed by atoms with Gasteiger partial charge in [0.15, 0.2) is 18.0 Å². The summed E-state index contributed by atoms with van der Waals surface area (Å²) < 4.78 is 15.6. The predicted molar refractivity (Wildman–Crippen MR) is 74.8 cm³/mol. The largest absolute Gasteiger partial charge is 0.295 e. The highest BCUT2D eigenvalue weighted by molar-refractivity contribution is 7.98. The lowest BCUT2D eigenvalue weighted by molar-refractivity contribution is 0.878. The Morgan fingerprint density at radius 1 is 1.26 bits per heavy atom. The predicted octanol–water partition coefficient (Wildman–Crippen LogP) is 3.00. The van der Waals surface area contributed by atoms with E-state index in [-0.39, 0.29) is 12.3 Å². The van der Waals surface area contributed by atoms with Crippen LogP contribution in [0.15, 0.2) is 29.8 Å². The molecule has 0 fully saturated rings. The van der Waals surface area contributed by atoms with Gasteiger partial charge in [-0.15, -0.1) is 15.6 Å². The van der Waals surface area contributed by atoms with E-state index in [9.17, 15) is 3.89 Å². The molecule has 0 amide bonds. The SMILES string of the molecule is CSc1nc(C)cn2c(-c3cnn(SF)c3)cnc12. The molecule has 98 valence electrons. The van der Waals surface area contributed by atoms with Gasteiger partial charge < -0.3 is 0 Å². The Morgan fingerprint density at radius 3 is 2.79 bits per heavy atom. The summed E-state index contributed by atoms with van der Waals surface area (Å²) in [5, 5.41) is 4.78. The number of aryl methyl sites for hydroxylation is 1. The molecule has 3 aromatic heterocycles. The number of fused-ring (bicyclic) bond motifs is 1. The van der Waals surface area contributed by atoms with Gasteiger partial charge >= 0.3 is 0 Å². The van der Waals surface area contributed by atoms with E-state index in [0.29, 0.717) is 0 Å².